The molecule has 0 radical (unpaired) electrons. The van der Waals surface area contributed by atoms with Gasteiger partial charge >= 0.3 is 10.3 Å². The quantitative estimate of drug-likeness (QED) is 0.420. The van der Waals surface area contributed by atoms with Crippen LogP contribution in [0.3, 0.4) is 0 Å². The van der Waals surface area contributed by atoms with Gasteiger partial charge in [-0.05, 0) is 43.7 Å². The van der Waals surface area contributed by atoms with E-state index in [1.807, 2.05) is 0 Å². The number of ketones is 1. The topological polar surface area (TPSA) is 165 Å². The standard InChI is InChI=1S/C18H24N4O6S2/c1-18(2,25)11-4-15(29-8-11)16(24)13-6-20-9-21-17(13)22-12-3-10(14(23)5-12)7-28-30(19,26)27/h4,6,8-10,12,14,23,25H,3,5,7H2,1-2H3,(H2,19,26,27)(H,20,21,22)/t10-,12-,14+/m1/s1. The first-order valence-corrected chi connectivity index (χ1v) is 11.6. The number of carbonyl (C=O) groups is 1. The van der Waals surface area contributed by atoms with Crippen LogP contribution in [0.5, 0.6) is 0 Å². The van der Waals surface area contributed by atoms with Gasteiger partial charge in [0.15, 0.2) is 0 Å². The summed E-state index contributed by atoms with van der Waals surface area (Å²) in [5.41, 5.74) is -0.156. The molecular weight excluding hydrogens is 432 g/mol. The van der Waals surface area contributed by atoms with Crippen molar-refractivity contribution in [2.45, 2.75) is 44.4 Å². The Morgan fingerprint density at radius 1 is 1.43 bits per heavy atom. The molecule has 1 saturated carbocycles. The summed E-state index contributed by atoms with van der Waals surface area (Å²) in [5, 5.41) is 30.0. The predicted molar refractivity (Wildman–Crippen MR) is 110 cm³/mol. The maximum Gasteiger partial charge on any atom is 0.333 e. The molecule has 164 valence electrons. The van der Waals surface area contributed by atoms with Crippen LogP contribution in [0.2, 0.25) is 0 Å². The number of thiophene rings is 1. The minimum absolute atomic E-state index is 0.220. The Kier molecular flexibility index (Phi) is 6.55. The van der Waals surface area contributed by atoms with Crippen molar-refractivity contribution >= 4 is 33.2 Å². The average molecular weight is 457 g/mol. The number of hydrogen-bond acceptors (Lipinski definition) is 10. The summed E-state index contributed by atoms with van der Waals surface area (Å²) in [5.74, 6) is -0.391. The highest BCUT2D eigenvalue weighted by Gasteiger charge is 2.35. The molecule has 0 spiro atoms. The second-order valence-electron chi connectivity index (χ2n) is 7.79. The van der Waals surface area contributed by atoms with Gasteiger partial charge in [-0.3, -0.25) is 8.98 Å². The molecule has 0 unspecified atom stereocenters. The van der Waals surface area contributed by atoms with E-state index < -0.39 is 27.9 Å². The Morgan fingerprint density at radius 2 is 2.17 bits per heavy atom. The molecule has 5 N–H and O–H groups in total. The normalized spacial score (nSPS) is 22.2. The van der Waals surface area contributed by atoms with Gasteiger partial charge in [-0.2, -0.15) is 8.42 Å². The van der Waals surface area contributed by atoms with Crippen molar-refractivity contribution in [3.8, 4) is 0 Å². The van der Waals surface area contributed by atoms with Crippen LogP contribution in [-0.2, 0) is 20.1 Å². The van der Waals surface area contributed by atoms with E-state index in [4.69, 9.17) is 5.14 Å². The summed E-state index contributed by atoms with van der Waals surface area (Å²) in [7, 11) is -4.08. The molecule has 12 heteroatoms. The van der Waals surface area contributed by atoms with Crippen molar-refractivity contribution in [3.63, 3.8) is 0 Å². The smallest absolute Gasteiger partial charge is 0.333 e. The second-order valence-corrected chi connectivity index (χ2v) is 9.92. The lowest BCUT2D eigenvalue weighted by molar-refractivity contribution is 0.0790. The molecule has 1 aliphatic rings. The summed E-state index contributed by atoms with van der Waals surface area (Å²) >= 11 is 1.22. The molecule has 2 heterocycles. The lowest BCUT2D eigenvalue weighted by Crippen LogP contribution is -2.24. The molecule has 10 nitrogen and oxygen atoms in total. The molecule has 0 bridgehead atoms. The molecule has 1 aliphatic carbocycles. The number of rotatable bonds is 8. The van der Waals surface area contributed by atoms with Crippen molar-refractivity contribution in [1.82, 2.24) is 9.97 Å². The molecule has 0 amide bonds. The third-order valence-corrected chi connectivity index (χ3v) is 6.32. The molecule has 0 saturated heterocycles. The third kappa shape index (κ3) is 5.59. The van der Waals surface area contributed by atoms with E-state index in [9.17, 15) is 23.4 Å². The average Bonchev–Trinajstić information content (AvgIpc) is 3.26. The first-order chi connectivity index (χ1) is 13.9. The molecule has 2 aromatic heterocycles. The Hall–Kier alpha value is -1.96. The number of nitrogens with two attached hydrogens (primary N) is 1. The van der Waals surface area contributed by atoms with Gasteiger partial charge in [-0.25, -0.2) is 15.1 Å². The summed E-state index contributed by atoms with van der Waals surface area (Å²) in [4.78, 5) is 21.5. The van der Waals surface area contributed by atoms with Crippen LogP contribution in [0.15, 0.2) is 24.0 Å². The number of anilines is 1. The number of aliphatic hydroxyl groups excluding tert-OH is 1. The van der Waals surface area contributed by atoms with Crippen molar-refractivity contribution in [1.29, 1.82) is 0 Å². The van der Waals surface area contributed by atoms with E-state index in [0.717, 1.165) is 0 Å². The van der Waals surface area contributed by atoms with Gasteiger partial charge in [0.2, 0.25) is 5.78 Å². The van der Waals surface area contributed by atoms with Gasteiger partial charge in [0.25, 0.3) is 0 Å². The summed E-state index contributed by atoms with van der Waals surface area (Å²) < 4.78 is 26.5. The summed E-state index contributed by atoms with van der Waals surface area (Å²) in [6, 6.07) is 1.40. The van der Waals surface area contributed by atoms with E-state index in [2.05, 4.69) is 19.5 Å². The number of nitrogens with one attached hydrogen (secondary N) is 1. The lowest BCUT2D eigenvalue weighted by atomic mass is 10.0. The minimum atomic E-state index is -4.08. The molecule has 1 fully saturated rings. The maximum atomic E-state index is 13.0. The minimum Gasteiger partial charge on any atom is -0.393 e. The van der Waals surface area contributed by atoms with Gasteiger partial charge in [0.1, 0.15) is 12.1 Å². The fraction of sp³-hybridized carbons (Fsp3) is 0.500. The van der Waals surface area contributed by atoms with E-state index in [0.29, 0.717) is 29.1 Å². The van der Waals surface area contributed by atoms with Crippen LogP contribution in [0.4, 0.5) is 5.82 Å². The van der Waals surface area contributed by atoms with E-state index in [1.165, 1.54) is 23.9 Å². The Bertz CT molecular complexity index is 1020. The Labute approximate surface area is 178 Å². The number of aromatic nitrogens is 2. The fourth-order valence-corrected chi connectivity index (χ4v) is 4.68. The van der Waals surface area contributed by atoms with Crippen LogP contribution in [-0.4, -0.2) is 53.1 Å². The first-order valence-electron chi connectivity index (χ1n) is 9.22. The summed E-state index contributed by atoms with van der Waals surface area (Å²) in [6.45, 7) is 3.06. The van der Waals surface area contributed by atoms with E-state index >= 15 is 0 Å². The van der Waals surface area contributed by atoms with Gasteiger partial charge in [0, 0.05) is 18.2 Å². The highest BCUT2D eigenvalue weighted by molar-refractivity contribution is 7.84. The zero-order valence-electron chi connectivity index (χ0n) is 16.5. The van der Waals surface area contributed by atoms with Crippen LogP contribution in [0, 0.1) is 5.92 Å². The van der Waals surface area contributed by atoms with Gasteiger partial charge in [0.05, 0.1) is 28.8 Å². The maximum absolute atomic E-state index is 13.0. The highest BCUT2D eigenvalue weighted by atomic mass is 32.2. The van der Waals surface area contributed by atoms with E-state index in [1.54, 1.807) is 25.3 Å². The second kappa shape index (κ2) is 8.65. The predicted octanol–water partition coefficient (Wildman–Crippen LogP) is 0.768. The van der Waals surface area contributed by atoms with E-state index in [-0.39, 0.29) is 24.0 Å². The lowest BCUT2D eigenvalue weighted by Gasteiger charge is -2.16. The summed E-state index contributed by atoms with van der Waals surface area (Å²) in [6.07, 6.45) is 2.68. The van der Waals surface area contributed by atoms with Gasteiger partial charge in [-0.1, -0.05) is 0 Å². The Morgan fingerprint density at radius 3 is 2.80 bits per heavy atom. The molecule has 30 heavy (non-hydrogen) atoms. The van der Waals surface area contributed by atoms with Crippen molar-refractivity contribution in [3.05, 3.63) is 40.0 Å². The van der Waals surface area contributed by atoms with Crippen LogP contribution in [0.1, 0.15) is 47.5 Å². The fourth-order valence-electron chi connectivity index (χ4n) is 3.29. The van der Waals surface area contributed by atoms with Crippen molar-refractivity contribution in [2.75, 3.05) is 11.9 Å². The van der Waals surface area contributed by atoms with Crippen LogP contribution in [0.25, 0.3) is 0 Å². The first kappa shape index (κ1) is 22.7. The van der Waals surface area contributed by atoms with Crippen molar-refractivity contribution in [2.24, 2.45) is 11.1 Å². The largest absolute Gasteiger partial charge is 0.393 e. The monoisotopic (exact) mass is 456 g/mol. The number of aliphatic hydroxyl groups is 2. The zero-order valence-corrected chi connectivity index (χ0v) is 18.1. The van der Waals surface area contributed by atoms with Crippen LogP contribution < -0.4 is 10.5 Å². The number of hydrogen-bond donors (Lipinski definition) is 4. The van der Waals surface area contributed by atoms with Crippen molar-refractivity contribution < 1.29 is 27.6 Å². The zero-order chi connectivity index (χ0) is 22.1. The number of carbonyl (C=O) groups excluding carboxylic acids is 1. The molecule has 0 aromatic carbocycles. The SMILES string of the molecule is CC(C)(O)c1csc(C(=O)c2cncnc2N[C@@H]2C[C@H](COS(N)(=O)=O)[C@@H](O)C2)c1. The molecule has 0 aliphatic heterocycles. The van der Waals surface area contributed by atoms with Gasteiger partial charge < -0.3 is 15.5 Å². The Balaban J connectivity index is 1.73. The third-order valence-electron chi connectivity index (χ3n) is 4.93. The van der Waals surface area contributed by atoms with Gasteiger partial charge in [-0.15, -0.1) is 11.3 Å². The molecule has 3 rings (SSSR count). The molecular formula is C18H24N4O6S2. The van der Waals surface area contributed by atoms with Crippen LogP contribution >= 0.6 is 11.3 Å². The number of nitrogens with zero attached hydrogens (tertiary/aromatic N) is 2. The molecule has 3 atom stereocenters. The molecule has 2 aromatic rings. The highest BCUT2D eigenvalue weighted by Crippen LogP contribution is 2.31.